The first-order valence-corrected chi connectivity index (χ1v) is 8.01. The number of hydrogen-bond donors (Lipinski definition) is 1. The van der Waals surface area contributed by atoms with E-state index in [-0.39, 0.29) is 11.3 Å². The van der Waals surface area contributed by atoms with Crippen molar-refractivity contribution in [3.63, 3.8) is 0 Å². The second-order valence-corrected chi connectivity index (χ2v) is 7.89. The second-order valence-electron chi connectivity index (χ2n) is 5.05. The fourth-order valence-corrected chi connectivity index (χ4v) is 4.81. The van der Waals surface area contributed by atoms with Gasteiger partial charge >= 0.3 is 0 Å². The van der Waals surface area contributed by atoms with Crippen molar-refractivity contribution >= 4 is 45.2 Å². The summed E-state index contributed by atoms with van der Waals surface area (Å²) in [5, 5.41) is 2.02. The summed E-state index contributed by atoms with van der Waals surface area (Å²) in [4.78, 5) is 11.6. The summed E-state index contributed by atoms with van der Waals surface area (Å²) in [5.74, 6) is 6.46. The normalized spacial score (nSPS) is 21.2. The van der Waals surface area contributed by atoms with Gasteiger partial charge in [-0.2, -0.15) is 5.01 Å². The average Bonchev–Trinajstić information content (AvgIpc) is 2.59. The Labute approximate surface area is 136 Å². The number of nitrogens with two attached hydrogens (primary N) is 1. The molecule has 2 N–H and O–H groups in total. The number of quaternary nitrogens is 1. The summed E-state index contributed by atoms with van der Waals surface area (Å²) < 4.78 is 1.35. The fraction of sp³-hybridized carbons (Fsp3) is 0.308. The van der Waals surface area contributed by atoms with Gasteiger partial charge in [0.2, 0.25) is 11.7 Å². The van der Waals surface area contributed by atoms with E-state index in [0.717, 1.165) is 15.2 Å². The maximum Gasteiger partial charge on any atom is 0.247 e. The van der Waals surface area contributed by atoms with E-state index in [4.69, 9.17) is 17.4 Å². The number of hydrazine groups is 1. The topological polar surface area (TPSA) is 46.3 Å². The maximum atomic E-state index is 11.6. The van der Waals surface area contributed by atoms with Crippen molar-refractivity contribution in [1.29, 1.82) is 0 Å². The summed E-state index contributed by atoms with van der Waals surface area (Å²) in [6.07, 6.45) is 0. The highest BCUT2D eigenvalue weighted by molar-refractivity contribution is 9.14. The molecule has 1 atom stereocenters. The molecular formula is C13H16BrClN3OS+. The number of carbonyl (C=O) groups excluding carboxylic acids is 1. The van der Waals surface area contributed by atoms with Gasteiger partial charge in [0.15, 0.2) is 5.37 Å². The predicted octanol–water partition coefficient (Wildman–Crippen LogP) is 3.41. The van der Waals surface area contributed by atoms with Crippen LogP contribution in [0.25, 0.3) is 0 Å². The third-order valence-corrected chi connectivity index (χ3v) is 5.82. The highest BCUT2D eigenvalue weighted by Crippen LogP contribution is 2.53. The Kier molecular flexibility index (Phi) is 4.51. The number of carbonyl (C=O) groups is 1. The van der Waals surface area contributed by atoms with E-state index in [1.165, 1.54) is 11.9 Å². The summed E-state index contributed by atoms with van der Waals surface area (Å²) in [6, 6.07) is 7.73. The van der Waals surface area contributed by atoms with Gasteiger partial charge in [0, 0.05) is 17.5 Å². The molecule has 0 aromatic heterocycles. The van der Waals surface area contributed by atoms with Crippen molar-refractivity contribution in [3.8, 4) is 0 Å². The molecule has 1 aliphatic heterocycles. The quantitative estimate of drug-likeness (QED) is 0.372. The molecule has 0 saturated heterocycles. The van der Waals surface area contributed by atoms with E-state index in [9.17, 15) is 4.79 Å². The maximum absolute atomic E-state index is 11.6. The molecule has 108 valence electrons. The van der Waals surface area contributed by atoms with Crippen LogP contribution in [0.3, 0.4) is 0 Å². The molecule has 7 heteroatoms. The molecule has 4 nitrogen and oxygen atoms in total. The molecule has 1 amide bonds. The standard InChI is InChI=1S/C13H16BrClN3OS/c1-8(19)17(16)12-11(14)20-13(18(12,2)3)9-4-6-10(15)7-5-9/h4-7,13H,16H2,1-3H3/q+1. The minimum atomic E-state index is -0.194. The van der Waals surface area contributed by atoms with E-state index in [2.05, 4.69) is 15.9 Å². The van der Waals surface area contributed by atoms with Gasteiger partial charge in [0.25, 0.3) is 0 Å². The van der Waals surface area contributed by atoms with Crippen LogP contribution in [0.4, 0.5) is 0 Å². The Balaban J connectivity index is 2.38. The second kappa shape index (κ2) is 5.69. The number of halogens is 2. The molecule has 0 aliphatic carbocycles. The van der Waals surface area contributed by atoms with Crippen LogP contribution in [0.1, 0.15) is 17.9 Å². The van der Waals surface area contributed by atoms with Crippen LogP contribution in [0.2, 0.25) is 5.02 Å². The van der Waals surface area contributed by atoms with Gasteiger partial charge in [0.05, 0.1) is 14.1 Å². The molecule has 1 aromatic rings. The number of thioether (sulfide) groups is 1. The first kappa shape index (κ1) is 15.9. The molecule has 1 heterocycles. The van der Waals surface area contributed by atoms with Crippen molar-refractivity contribution in [2.24, 2.45) is 5.84 Å². The van der Waals surface area contributed by atoms with Crippen molar-refractivity contribution in [1.82, 2.24) is 5.01 Å². The Hall–Kier alpha value is -0.530. The fourth-order valence-electron chi connectivity index (χ4n) is 2.21. The number of rotatable bonds is 2. The molecule has 20 heavy (non-hydrogen) atoms. The van der Waals surface area contributed by atoms with E-state index in [1.54, 1.807) is 11.8 Å². The van der Waals surface area contributed by atoms with Gasteiger partial charge in [0.1, 0.15) is 3.81 Å². The molecule has 0 radical (unpaired) electrons. The molecule has 0 bridgehead atoms. The molecular weight excluding hydrogens is 362 g/mol. The zero-order chi connectivity index (χ0) is 15.1. The highest BCUT2D eigenvalue weighted by atomic mass is 79.9. The monoisotopic (exact) mass is 376 g/mol. The molecule has 1 aromatic carbocycles. The summed E-state index contributed by atoms with van der Waals surface area (Å²) in [5.41, 5.74) is 1.13. The van der Waals surface area contributed by atoms with Crippen molar-refractivity contribution in [3.05, 3.63) is 44.5 Å². The molecule has 2 rings (SSSR count). The van der Waals surface area contributed by atoms with Crippen molar-refractivity contribution in [2.45, 2.75) is 12.3 Å². The van der Waals surface area contributed by atoms with E-state index in [1.807, 2.05) is 38.4 Å². The third kappa shape index (κ3) is 2.76. The van der Waals surface area contributed by atoms with Crippen LogP contribution in [0, 0.1) is 0 Å². The van der Waals surface area contributed by atoms with E-state index < -0.39 is 0 Å². The Bertz CT molecular complexity index is 573. The lowest BCUT2D eigenvalue weighted by Crippen LogP contribution is -2.49. The Morgan fingerprint density at radius 2 is 1.95 bits per heavy atom. The zero-order valence-corrected chi connectivity index (χ0v) is 14.6. The average molecular weight is 378 g/mol. The third-order valence-electron chi connectivity index (χ3n) is 3.25. The van der Waals surface area contributed by atoms with Gasteiger partial charge < -0.3 is 0 Å². The number of nitrogens with zero attached hydrogens (tertiary/aromatic N) is 2. The lowest BCUT2D eigenvalue weighted by Gasteiger charge is -2.35. The van der Waals surface area contributed by atoms with Crippen LogP contribution in [0.15, 0.2) is 33.9 Å². The largest absolute Gasteiger partial charge is 0.273 e. The van der Waals surface area contributed by atoms with Crippen LogP contribution in [-0.4, -0.2) is 29.5 Å². The molecule has 0 fully saturated rings. The lowest BCUT2D eigenvalue weighted by molar-refractivity contribution is -0.873. The summed E-state index contributed by atoms with van der Waals surface area (Å²) in [7, 11) is 4.05. The molecule has 1 aliphatic rings. The Morgan fingerprint density at radius 1 is 1.40 bits per heavy atom. The summed E-state index contributed by atoms with van der Waals surface area (Å²) in [6.45, 7) is 1.45. The molecule has 0 saturated carbocycles. The van der Waals surface area contributed by atoms with Crippen LogP contribution in [0.5, 0.6) is 0 Å². The van der Waals surface area contributed by atoms with Gasteiger partial charge in [-0.1, -0.05) is 23.7 Å². The minimum absolute atomic E-state index is 0.113. The summed E-state index contributed by atoms with van der Waals surface area (Å²) >= 11 is 11.1. The van der Waals surface area contributed by atoms with Crippen LogP contribution < -0.4 is 5.84 Å². The van der Waals surface area contributed by atoms with E-state index >= 15 is 0 Å². The first-order valence-electron chi connectivity index (χ1n) is 5.96. The van der Waals surface area contributed by atoms with Gasteiger partial charge in [-0.3, -0.25) is 9.28 Å². The zero-order valence-electron chi connectivity index (χ0n) is 11.4. The highest BCUT2D eigenvalue weighted by Gasteiger charge is 2.46. The van der Waals surface area contributed by atoms with Crippen LogP contribution >= 0.6 is 39.3 Å². The van der Waals surface area contributed by atoms with Gasteiger partial charge in [-0.25, -0.2) is 5.84 Å². The predicted molar refractivity (Wildman–Crippen MR) is 86.6 cm³/mol. The SMILES string of the molecule is CC(=O)N(N)C1=C(Br)SC(c2ccc(Cl)cc2)[N+]1(C)C. The number of amides is 1. The van der Waals surface area contributed by atoms with Crippen molar-refractivity contribution < 1.29 is 9.28 Å². The van der Waals surface area contributed by atoms with Crippen molar-refractivity contribution in [2.75, 3.05) is 14.1 Å². The minimum Gasteiger partial charge on any atom is -0.273 e. The number of hydrogen-bond acceptors (Lipinski definition) is 3. The van der Waals surface area contributed by atoms with Gasteiger partial charge in [-0.05, 0) is 39.8 Å². The first-order chi connectivity index (χ1) is 9.25. The van der Waals surface area contributed by atoms with Gasteiger partial charge in [-0.15, -0.1) is 0 Å². The molecule has 0 spiro atoms. The number of benzene rings is 1. The lowest BCUT2D eigenvalue weighted by atomic mass is 10.2. The van der Waals surface area contributed by atoms with Crippen LogP contribution in [-0.2, 0) is 4.79 Å². The Morgan fingerprint density at radius 3 is 2.45 bits per heavy atom. The smallest absolute Gasteiger partial charge is 0.247 e. The molecule has 1 unspecified atom stereocenters. The van der Waals surface area contributed by atoms with E-state index in [0.29, 0.717) is 9.51 Å².